The molecule has 0 unspecified atom stereocenters. The van der Waals surface area contributed by atoms with Crippen LogP contribution in [0, 0.1) is 25.2 Å². The first-order valence-corrected chi connectivity index (χ1v) is 7.67. The molecule has 1 aromatic carbocycles. The maximum atomic E-state index is 6.21. The van der Waals surface area contributed by atoms with Crippen LogP contribution in [-0.4, -0.2) is 11.8 Å². The first-order chi connectivity index (χ1) is 8.42. The van der Waals surface area contributed by atoms with Gasteiger partial charge < -0.3 is 0 Å². The van der Waals surface area contributed by atoms with Crippen molar-refractivity contribution in [2.75, 3.05) is 11.8 Å². The lowest BCUT2D eigenvalue weighted by Crippen LogP contribution is -2.30. The van der Waals surface area contributed by atoms with Gasteiger partial charge in [-0.25, -0.2) is 0 Å². The Kier molecular flexibility index (Phi) is 6.01. The molecule has 0 aliphatic heterocycles. The van der Waals surface area contributed by atoms with E-state index >= 15 is 0 Å². The van der Waals surface area contributed by atoms with Crippen LogP contribution in [0.2, 0.25) is 0 Å². The van der Waals surface area contributed by atoms with Gasteiger partial charge in [0.25, 0.3) is 0 Å². The minimum absolute atomic E-state index is 0.0268. The van der Waals surface area contributed by atoms with Gasteiger partial charge in [-0.1, -0.05) is 32.0 Å². The first kappa shape index (κ1) is 15.9. The molecular formula is C16H24Cl2. The maximum Gasteiger partial charge on any atom is 0.0294 e. The number of hydrogen-bond donors (Lipinski definition) is 0. The third-order valence-corrected chi connectivity index (χ3v) is 4.69. The fourth-order valence-electron chi connectivity index (χ4n) is 2.52. The summed E-state index contributed by atoms with van der Waals surface area (Å²) in [6.07, 6.45) is 2.05. The predicted molar refractivity (Wildman–Crippen MR) is 82.9 cm³/mol. The van der Waals surface area contributed by atoms with Crippen molar-refractivity contribution in [3.63, 3.8) is 0 Å². The Morgan fingerprint density at radius 2 is 1.67 bits per heavy atom. The van der Waals surface area contributed by atoms with Crippen LogP contribution < -0.4 is 0 Å². The topological polar surface area (TPSA) is 0 Å². The highest BCUT2D eigenvalue weighted by Crippen LogP contribution is 2.34. The molecule has 0 radical (unpaired) electrons. The number of rotatable bonds is 6. The molecule has 0 amide bonds. The van der Waals surface area contributed by atoms with Gasteiger partial charge in [0, 0.05) is 17.2 Å². The van der Waals surface area contributed by atoms with Gasteiger partial charge in [0.15, 0.2) is 0 Å². The molecule has 0 saturated heterocycles. The van der Waals surface area contributed by atoms with Crippen LogP contribution in [-0.2, 0) is 6.42 Å². The van der Waals surface area contributed by atoms with E-state index in [1.807, 2.05) is 0 Å². The minimum atomic E-state index is 0.0268. The Balaban J connectivity index is 2.92. The fourth-order valence-corrected chi connectivity index (χ4v) is 3.22. The van der Waals surface area contributed by atoms with E-state index in [1.165, 1.54) is 16.7 Å². The predicted octanol–water partition coefficient (Wildman–Crippen LogP) is 5.36. The van der Waals surface area contributed by atoms with E-state index in [9.17, 15) is 0 Å². The Morgan fingerprint density at radius 1 is 1.06 bits per heavy atom. The van der Waals surface area contributed by atoms with Gasteiger partial charge in [-0.15, -0.1) is 23.2 Å². The summed E-state index contributed by atoms with van der Waals surface area (Å²) in [4.78, 5) is 0. The van der Waals surface area contributed by atoms with Gasteiger partial charge in [0.1, 0.15) is 0 Å². The van der Waals surface area contributed by atoms with Crippen LogP contribution in [0.1, 0.15) is 37.0 Å². The highest BCUT2D eigenvalue weighted by Gasteiger charge is 2.29. The van der Waals surface area contributed by atoms with Gasteiger partial charge in [-0.05, 0) is 49.3 Å². The van der Waals surface area contributed by atoms with Gasteiger partial charge in [0.2, 0.25) is 0 Å². The third-order valence-electron chi connectivity index (χ3n) is 3.56. The van der Waals surface area contributed by atoms with Crippen molar-refractivity contribution in [2.45, 2.75) is 40.5 Å². The van der Waals surface area contributed by atoms with Crippen molar-refractivity contribution in [3.8, 4) is 0 Å². The molecule has 0 nitrogen and oxygen atoms in total. The molecule has 18 heavy (non-hydrogen) atoms. The molecule has 0 spiro atoms. The average Bonchev–Trinajstić information content (AvgIpc) is 2.32. The van der Waals surface area contributed by atoms with Crippen LogP contribution >= 0.6 is 23.2 Å². The number of benzene rings is 1. The molecule has 0 heterocycles. The standard InChI is InChI=1S/C16H24Cl2/c1-12(2)8-16(10-17,11-18)9-15-6-5-13(3)14(4)7-15/h5-7,12H,8-11H2,1-4H3. The summed E-state index contributed by atoms with van der Waals surface area (Å²) in [7, 11) is 0. The number of aryl methyl sites for hydroxylation is 2. The zero-order valence-electron chi connectivity index (χ0n) is 11.9. The van der Waals surface area contributed by atoms with Gasteiger partial charge >= 0.3 is 0 Å². The SMILES string of the molecule is Cc1ccc(CC(CCl)(CCl)CC(C)C)cc1C. The maximum absolute atomic E-state index is 6.21. The second kappa shape index (κ2) is 6.82. The van der Waals surface area contributed by atoms with Crippen LogP contribution in [0.15, 0.2) is 18.2 Å². The van der Waals surface area contributed by atoms with E-state index in [0.717, 1.165) is 12.8 Å². The van der Waals surface area contributed by atoms with Crippen molar-refractivity contribution in [1.82, 2.24) is 0 Å². The van der Waals surface area contributed by atoms with Crippen molar-refractivity contribution < 1.29 is 0 Å². The van der Waals surface area contributed by atoms with Crippen LogP contribution in [0.4, 0.5) is 0 Å². The zero-order chi connectivity index (χ0) is 13.8. The lowest BCUT2D eigenvalue weighted by molar-refractivity contribution is 0.295. The smallest absolute Gasteiger partial charge is 0.0294 e. The quantitative estimate of drug-likeness (QED) is 0.618. The Morgan fingerprint density at radius 3 is 2.11 bits per heavy atom. The van der Waals surface area contributed by atoms with E-state index in [1.54, 1.807) is 0 Å². The van der Waals surface area contributed by atoms with E-state index in [-0.39, 0.29) is 5.41 Å². The van der Waals surface area contributed by atoms with E-state index in [2.05, 4.69) is 45.9 Å². The summed E-state index contributed by atoms with van der Waals surface area (Å²) in [5.41, 5.74) is 4.05. The molecule has 1 rings (SSSR count). The van der Waals surface area contributed by atoms with Gasteiger partial charge in [-0.2, -0.15) is 0 Å². The molecule has 0 fully saturated rings. The van der Waals surface area contributed by atoms with Crippen molar-refractivity contribution >= 4 is 23.2 Å². The van der Waals surface area contributed by atoms with Crippen LogP contribution in [0.3, 0.4) is 0 Å². The Hall–Kier alpha value is -0.200. The van der Waals surface area contributed by atoms with E-state index < -0.39 is 0 Å². The highest BCUT2D eigenvalue weighted by atomic mass is 35.5. The monoisotopic (exact) mass is 286 g/mol. The Labute approximate surface area is 122 Å². The lowest BCUT2D eigenvalue weighted by Gasteiger charge is -2.31. The molecular weight excluding hydrogens is 263 g/mol. The molecule has 0 saturated carbocycles. The summed E-state index contributed by atoms with van der Waals surface area (Å²) in [6, 6.07) is 6.66. The van der Waals surface area contributed by atoms with Crippen molar-refractivity contribution in [2.24, 2.45) is 11.3 Å². The normalized spacial score (nSPS) is 12.2. The van der Waals surface area contributed by atoms with Gasteiger partial charge in [0.05, 0.1) is 0 Å². The summed E-state index contributed by atoms with van der Waals surface area (Å²) in [5, 5.41) is 0. The molecule has 0 aliphatic carbocycles. The average molecular weight is 287 g/mol. The van der Waals surface area contributed by atoms with Crippen molar-refractivity contribution in [3.05, 3.63) is 34.9 Å². The summed E-state index contributed by atoms with van der Waals surface area (Å²) < 4.78 is 0. The molecule has 102 valence electrons. The van der Waals surface area contributed by atoms with Crippen LogP contribution in [0.25, 0.3) is 0 Å². The fraction of sp³-hybridized carbons (Fsp3) is 0.625. The zero-order valence-corrected chi connectivity index (χ0v) is 13.4. The molecule has 0 aliphatic rings. The largest absolute Gasteiger partial charge is 0.126 e. The van der Waals surface area contributed by atoms with E-state index in [4.69, 9.17) is 23.2 Å². The Bertz CT molecular complexity index is 379. The molecule has 0 N–H and O–H groups in total. The highest BCUT2D eigenvalue weighted by molar-refractivity contribution is 6.21. The molecule has 0 bridgehead atoms. The van der Waals surface area contributed by atoms with Gasteiger partial charge in [-0.3, -0.25) is 0 Å². The molecule has 0 atom stereocenters. The van der Waals surface area contributed by atoms with Crippen molar-refractivity contribution in [1.29, 1.82) is 0 Å². The molecule has 2 heteroatoms. The lowest BCUT2D eigenvalue weighted by atomic mass is 9.78. The summed E-state index contributed by atoms with van der Waals surface area (Å²) in [6.45, 7) is 8.76. The summed E-state index contributed by atoms with van der Waals surface area (Å²) in [5.74, 6) is 1.87. The summed E-state index contributed by atoms with van der Waals surface area (Å²) >= 11 is 12.4. The third kappa shape index (κ3) is 4.17. The molecule has 1 aromatic rings. The molecule has 0 aromatic heterocycles. The number of hydrogen-bond acceptors (Lipinski definition) is 0. The first-order valence-electron chi connectivity index (χ1n) is 6.60. The minimum Gasteiger partial charge on any atom is -0.126 e. The second-order valence-corrected chi connectivity index (χ2v) is 6.50. The van der Waals surface area contributed by atoms with E-state index in [0.29, 0.717) is 17.7 Å². The number of halogens is 2. The number of alkyl halides is 2. The second-order valence-electron chi connectivity index (χ2n) is 5.96. The van der Waals surface area contributed by atoms with Crippen LogP contribution in [0.5, 0.6) is 0 Å².